The molecule has 0 spiro atoms. The summed E-state index contributed by atoms with van der Waals surface area (Å²) in [6, 6.07) is 15.4. The topological polar surface area (TPSA) is 145 Å². The van der Waals surface area contributed by atoms with Gasteiger partial charge in [-0.15, -0.1) is 0 Å². The number of amides is 1. The van der Waals surface area contributed by atoms with Crippen LogP contribution in [0.3, 0.4) is 0 Å². The number of pyridine rings is 1. The number of fused-ring (bicyclic) bond motifs is 1. The first kappa shape index (κ1) is 27.4. The van der Waals surface area contributed by atoms with Crippen LogP contribution in [-0.2, 0) is 30.4 Å². The summed E-state index contributed by atoms with van der Waals surface area (Å²) in [6.07, 6.45) is 0.410. The Morgan fingerprint density at radius 1 is 1.03 bits per heavy atom. The van der Waals surface area contributed by atoms with E-state index in [1.54, 1.807) is 63.2 Å². The lowest BCUT2D eigenvalue weighted by atomic mass is 10.2. The highest BCUT2D eigenvalue weighted by atomic mass is 35.5. The van der Waals surface area contributed by atoms with Crippen LogP contribution in [0.1, 0.15) is 26.3 Å². The van der Waals surface area contributed by atoms with Gasteiger partial charge < -0.3 is 9.15 Å². The van der Waals surface area contributed by atoms with Crippen molar-refractivity contribution in [3.05, 3.63) is 77.4 Å². The van der Waals surface area contributed by atoms with Gasteiger partial charge in [-0.3, -0.25) is 10.0 Å². The first-order chi connectivity index (χ1) is 17.7. The molecule has 0 aliphatic heterocycles. The summed E-state index contributed by atoms with van der Waals surface area (Å²) < 4.78 is 65.7. The molecule has 10 nitrogen and oxygen atoms in total. The minimum atomic E-state index is -4.32. The molecule has 200 valence electrons. The number of ether oxygens (including phenoxy) is 1. The third-order valence-corrected chi connectivity index (χ3v) is 8.01. The van der Waals surface area contributed by atoms with E-state index in [1.807, 2.05) is 0 Å². The van der Waals surface area contributed by atoms with Gasteiger partial charge in [-0.05, 0) is 50.6 Å². The molecule has 0 radical (unpaired) electrons. The molecule has 0 saturated carbocycles. The first-order valence-corrected chi connectivity index (χ1v) is 14.7. The normalized spacial score (nSPS) is 12.3. The van der Waals surface area contributed by atoms with Crippen molar-refractivity contribution in [2.75, 3.05) is 10.0 Å². The van der Waals surface area contributed by atoms with Gasteiger partial charge in [0, 0.05) is 23.3 Å². The Morgan fingerprint density at radius 2 is 1.76 bits per heavy atom. The second-order valence-electron chi connectivity index (χ2n) is 9.30. The second-order valence-corrected chi connectivity index (χ2v) is 13.3. The highest BCUT2D eigenvalue weighted by Gasteiger charge is 2.27. The van der Waals surface area contributed by atoms with Crippen molar-refractivity contribution in [2.45, 2.75) is 42.2 Å². The lowest BCUT2D eigenvalue weighted by Gasteiger charge is -2.19. The van der Waals surface area contributed by atoms with Crippen molar-refractivity contribution in [3.8, 4) is 0 Å². The summed E-state index contributed by atoms with van der Waals surface area (Å²) in [5.74, 6) is -0.537. The maximum Gasteiger partial charge on any atom is 0.412 e. The standard InChI is InChI=1S/C25H24ClN3O7S2/c1-25(2,3)36-24(30)28-19-9-6-7-16(11-19)15-37(31,32)23-20(13-18(26)14-27-23)29-38(33,34)22-12-17-8-4-5-10-21(17)35-22/h4-14,29H,15H2,1-3H3,(H,28,30). The molecule has 0 saturated heterocycles. The highest BCUT2D eigenvalue weighted by molar-refractivity contribution is 7.93. The molecular formula is C25H24ClN3O7S2. The average molecular weight is 578 g/mol. The molecule has 2 N–H and O–H groups in total. The van der Waals surface area contributed by atoms with Crippen LogP contribution in [-0.4, -0.2) is 33.5 Å². The molecule has 0 atom stereocenters. The Labute approximate surface area is 224 Å². The third kappa shape index (κ3) is 6.63. The van der Waals surface area contributed by atoms with E-state index in [0.717, 1.165) is 12.3 Å². The predicted octanol–water partition coefficient (Wildman–Crippen LogP) is 5.60. The Balaban J connectivity index is 1.61. The number of hydrogen-bond acceptors (Lipinski definition) is 8. The molecule has 0 aliphatic rings. The number of carbonyl (C=O) groups is 1. The Kier molecular flexibility index (Phi) is 7.42. The average Bonchev–Trinajstić information content (AvgIpc) is 3.23. The van der Waals surface area contributed by atoms with Gasteiger partial charge in [0.25, 0.3) is 10.0 Å². The molecule has 2 heterocycles. The maximum atomic E-state index is 13.3. The van der Waals surface area contributed by atoms with Crippen molar-refractivity contribution < 1.29 is 30.8 Å². The minimum absolute atomic E-state index is 0.0230. The van der Waals surface area contributed by atoms with Gasteiger partial charge >= 0.3 is 6.09 Å². The first-order valence-electron chi connectivity index (χ1n) is 11.2. The smallest absolute Gasteiger partial charge is 0.412 e. The van der Waals surface area contributed by atoms with Crippen LogP contribution in [0.15, 0.2) is 81.4 Å². The summed E-state index contributed by atoms with van der Waals surface area (Å²) in [5, 5.41) is 2.21. The van der Waals surface area contributed by atoms with Crippen LogP contribution in [0.2, 0.25) is 5.02 Å². The van der Waals surface area contributed by atoms with Crippen molar-refractivity contribution in [1.82, 2.24) is 4.98 Å². The molecule has 38 heavy (non-hydrogen) atoms. The molecule has 1 amide bonds. The molecule has 2 aromatic heterocycles. The van der Waals surface area contributed by atoms with Crippen LogP contribution < -0.4 is 10.0 Å². The number of aromatic nitrogens is 1. The molecular weight excluding hydrogens is 554 g/mol. The number of carbonyl (C=O) groups excluding carboxylic acids is 1. The van der Waals surface area contributed by atoms with E-state index in [2.05, 4.69) is 15.0 Å². The van der Waals surface area contributed by atoms with Gasteiger partial charge in [0.1, 0.15) is 11.2 Å². The number of para-hydroxylation sites is 1. The number of nitrogens with zero attached hydrogens (tertiary/aromatic N) is 1. The summed E-state index contributed by atoms with van der Waals surface area (Å²) in [5.41, 5.74) is -0.0498. The summed E-state index contributed by atoms with van der Waals surface area (Å²) >= 11 is 6.01. The minimum Gasteiger partial charge on any atom is -0.444 e. The van der Waals surface area contributed by atoms with Gasteiger partial charge in [-0.25, -0.2) is 18.2 Å². The van der Waals surface area contributed by atoms with E-state index < -0.39 is 47.4 Å². The molecule has 4 rings (SSSR count). The van der Waals surface area contributed by atoms with E-state index in [0.29, 0.717) is 22.2 Å². The summed E-state index contributed by atoms with van der Waals surface area (Å²) in [7, 11) is -8.51. The van der Waals surface area contributed by atoms with Crippen LogP contribution in [0.5, 0.6) is 0 Å². The number of sulfone groups is 1. The van der Waals surface area contributed by atoms with E-state index in [9.17, 15) is 21.6 Å². The fraction of sp³-hybridized carbons (Fsp3) is 0.200. The number of benzene rings is 2. The lowest BCUT2D eigenvalue weighted by molar-refractivity contribution is 0.0636. The predicted molar refractivity (Wildman–Crippen MR) is 143 cm³/mol. The number of anilines is 2. The van der Waals surface area contributed by atoms with Gasteiger partial charge in [0.15, 0.2) is 5.03 Å². The van der Waals surface area contributed by atoms with Gasteiger partial charge in [-0.2, -0.15) is 8.42 Å². The Morgan fingerprint density at radius 3 is 2.47 bits per heavy atom. The Hall–Kier alpha value is -3.61. The van der Waals surface area contributed by atoms with Gasteiger partial charge in [-0.1, -0.05) is 41.9 Å². The molecule has 0 aliphatic carbocycles. The van der Waals surface area contributed by atoms with Crippen LogP contribution >= 0.6 is 11.6 Å². The summed E-state index contributed by atoms with van der Waals surface area (Å²) in [6.45, 7) is 5.15. The van der Waals surface area contributed by atoms with Crippen molar-refractivity contribution >= 4 is 59.9 Å². The van der Waals surface area contributed by atoms with Crippen LogP contribution in [0, 0.1) is 0 Å². The maximum absolute atomic E-state index is 13.3. The number of nitrogens with one attached hydrogen (secondary N) is 2. The van der Waals surface area contributed by atoms with E-state index in [1.165, 1.54) is 12.1 Å². The number of furan rings is 1. The van der Waals surface area contributed by atoms with Gasteiger partial charge in [0.2, 0.25) is 14.9 Å². The van der Waals surface area contributed by atoms with Crippen LogP contribution in [0.4, 0.5) is 16.2 Å². The number of halogens is 1. The molecule has 0 fully saturated rings. The van der Waals surface area contributed by atoms with E-state index in [-0.39, 0.29) is 10.7 Å². The SMILES string of the molecule is CC(C)(C)OC(=O)Nc1cccc(CS(=O)(=O)c2ncc(Cl)cc2NS(=O)(=O)c2cc3ccccc3o2)c1. The third-order valence-electron chi connectivity index (χ3n) is 4.95. The fourth-order valence-electron chi connectivity index (χ4n) is 3.48. The Bertz CT molecular complexity index is 1690. The fourth-order valence-corrected chi connectivity index (χ4v) is 6.14. The molecule has 0 bridgehead atoms. The monoisotopic (exact) mass is 577 g/mol. The van der Waals surface area contributed by atoms with E-state index in [4.69, 9.17) is 20.8 Å². The quantitative estimate of drug-likeness (QED) is 0.288. The molecule has 2 aromatic carbocycles. The zero-order valence-electron chi connectivity index (χ0n) is 20.6. The second kappa shape index (κ2) is 10.3. The van der Waals surface area contributed by atoms with Gasteiger partial charge in [0.05, 0.1) is 16.5 Å². The van der Waals surface area contributed by atoms with Crippen molar-refractivity contribution in [2.24, 2.45) is 0 Å². The zero-order chi connectivity index (χ0) is 27.7. The summed E-state index contributed by atoms with van der Waals surface area (Å²) in [4.78, 5) is 16.0. The molecule has 0 unspecified atom stereocenters. The molecule has 4 aromatic rings. The van der Waals surface area contributed by atoms with E-state index >= 15 is 0 Å². The number of rotatable bonds is 7. The van der Waals surface area contributed by atoms with Crippen molar-refractivity contribution in [3.63, 3.8) is 0 Å². The number of sulfonamides is 1. The van der Waals surface area contributed by atoms with Crippen molar-refractivity contribution in [1.29, 1.82) is 0 Å². The number of hydrogen-bond donors (Lipinski definition) is 2. The highest BCUT2D eigenvalue weighted by Crippen LogP contribution is 2.30. The lowest BCUT2D eigenvalue weighted by Crippen LogP contribution is -2.27. The van der Waals surface area contributed by atoms with Crippen LogP contribution in [0.25, 0.3) is 11.0 Å². The largest absolute Gasteiger partial charge is 0.444 e. The molecule has 13 heteroatoms. The zero-order valence-corrected chi connectivity index (χ0v) is 22.9.